The van der Waals surface area contributed by atoms with E-state index in [4.69, 9.17) is 0 Å². The van der Waals surface area contributed by atoms with Crippen molar-refractivity contribution in [1.29, 1.82) is 0 Å². The van der Waals surface area contributed by atoms with Crippen LogP contribution in [0.5, 0.6) is 0 Å². The summed E-state index contributed by atoms with van der Waals surface area (Å²) in [5.41, 5.74) is 5.20. The molecule has 0 aliphatic rings. The van der Waals surface area contributed by atoms with Gasteiger partial charge < -0.3 is 4.90 Å². The van der Waals surface area contributed by atoms with Crippen LogP contribution in [0.3, 0.4) is 0 Å². The Morgan fingerprint density at radius 2 is 1.79 bits per heavy atom. The van der Waals surface area contributed by atoms with Gasteiger partial charge in [-0.05, 0) is 36.4 Å². The second kappa shape index (κ2) is 8.08. The molecule has 10 heteroatoms. The van der Waals surface area contributed by atoms with Gasteiger partial charge in [0.05, 0.1) is 4.92 Å². The molecule has 1 heterocycles. The monoisotopic (exact) mass is 382 g/mol. The highest BCUT2D eigenvalue weighted by atomic mass is 19.1. The molecule has 0 fully saturated rings. The van der Waals surface area contributed by atoms with E-state index in [0.29, 0.717) is 5.69 Å². The van der Waals surface area contributed by atoms with Crippen molar-refractivity contribution in [1.82, 2.24) is 15.4 Å². The van der Waals surface area contributed by atoms with Crippen molar-refractivity contribution in [2.24, 2.45) is 0 Å². The first kappa shape index (κ1) is 18.7. The fourth-order valence-electron chi connectivity index (χ4n) is 2.44. The van der Waals surface area contributed by atoms with Crippen LogP contribution < -0.4 is 15.8 Å². The highest BCUT2D eigenvalue weighted by Crippen LogP contribution is 2.34. The quantitative estimate of drug-likeness (QED) is 0.497. The molecule has 9 nitrogen and oxygen atoms in total. The summed E-state index contributed by atoms with van der Waals surface area (Å²) in [6.45, 7) is 0. The van der Waals surface area contributed by atoms with Gasteiger partial charge in [0.15, 0.2) is 0 Å². The normalized spacial score (nSPS) is 10.2. The molecular weight excluding hydrogens is 367 g/mol. The summed E-state index contributed by atoms with van der Waals surface area (Å²) in [5, 5.41) is 11.6. The van der Waals surface area contributed by atoms with Gasteiger partial charge >= 0.3 is 5.69 Å². The van der Waals surface area contributed by atoms with Gasteiger partial charge in [-0.1, -0.05) is 18.2 Å². The number of carbonyl (C=O) groups excluding carboxylic acids is 1. The zero-order chi connectivity index (χ0) is 20.1. The maximum atomic E-state index is 13.0. The smallest absolute Gasteiger partial charge is 0.324 e. The molecule has 2 N–H and O–H groups in total. The molecule has 0 atom stereocenters. The van der Waals surface area contributed by atoms with E-state index in [1.807, 2.05) is 6.07 Å². The maximum absolute atomic E-state index is 13.0. The molecule has 2 aromatic carbocycles. The summed E-state index contributed by atoms with van der Waals surface area (Å²) in [5.74, 6) is -1.23. The summed E-state index contributed by atoms with van der Waals surface area (Å²) >= 11 is 0. The summed E-state index contributed by atoms with van der Waals surface area (Å²) in [7, 11) is 1.63. The van der Waals surface area contributed by atoms with E-state index >= 15 is 0 Å². The van der Waals surface area contributed by atoms with Crippen LogP contribution in [0.1, 0.15) is 10.4 Å². The van der Waals surface area contributed by atoms with Gasteiger partial charge in [-0.15, -0.1) is 0 Å². The third-order valence-corrected chi connectivity index (χ3v) is 3.85. The predicted octanol–water partition coefficient (Wildman–Crippen LogP) is 3.05. The number of amides is 1. The van der Waals surface area contributed by atoms with Crippen molar-refractivity contribution in [2.45, 2.75) is 0 Å². The van der Waals surface area contributed by atoms with Crippen LogP contribution in [0.4, 0.5) is 27.4 Å². The molecule has 0 saturated carbocycles. The zero-order valence-electron chi connectivity index (χ0n) is 14.7. The van der Waals surface area contributed by atoms with Gasteiger partial charge in [-0.3, -0.25) is 25.8 Å². The van der Waals surface area contributed by atoms with Crippen molar-refractivity contribution in [3.8, 4) is 0 Å². The number of benzene rings is 2. The van der Waals surface area contributed by atoms with Gasteiger partial charge in [-0.2, -0.15) is 0 Å². The predicted molar refractivity (Wildman–Crippen MR) is 101 cm³/mol. The average molecular weight is 382 g/mol. The standard InChI is InChI=1S/C18H15FN6O3/c1-24(14-5-3-2-4-6-14)17-15(25(27)28)16(20-11-21-17)22-23-18(26)12-7-9-13(19)10-8-12/h2-11H,1H3,(H,23,26)(H,20,21,22). The first-order valence-electron chi connectivity index (χ1n) is 8.07. The van der Waals surface area contributed by atoms with Gasteiger partial charge in [-0.25, -0.2) is 14.4 Å². The lowest BCUT2D eigenvalue weighted by Crippen LogP contribution is -2.30. The number of halogens is 1. The molecular formula is C18H15FN6O3. The van der Waals surface area contributed by atoms with Crippen molar-refractivity contribution in [2.75, 3.05) is 17.4 Å². The van der Waals surface area contributed by atoms with E-state index in [0.717, 1.165) is 18.5 Å². The zero-order valence-corrected chi connectivity index (χ0v) is 14.7. The van der Waals surface area contributed by atoms with Crippen LogP contribution in [-0.2, 0) is 0 Å². The van der Waals surface area contributed by atoms with Crippen LogP contribution in [-0.4, -0.2) is 27.8 Å². The average Bonchev–Trinajstić information content (AvgIpc) is 2.72. The molecule has 3 rings (SSSR count). The number of anilines is 3. The number of rotatable bonds is 6. The molecule has 0 aliphatic heterocycles. The number of hydrazine groups is 1. The number of nitrogens with zero attached hydrogens (tertiary/aromatic N) is 4. The lowest BCUT2D eigenvalue weighted by molar-refractivity contribution is -0.383. The Hall–Kier alpha value is -4.08. The second-order valence-corrected chi connectivity index (χ2v) is 5.63. The number of nitro groups is 1. The Balaban J connectivity index is 1.86. The minimum absolute atomic E-state index is 0.0460. The highest BCUT2D eigenvalue weighted by Gasteiger charge is 2.26. The van der Waals surface area contributed by atoms with Crippen molar-refractivity contribution in [3.63, 3.8) is 0 Å². The number of hydrogen-bond donors (Lipinski definition) is 2. The number of aromatic nitrogens is 2. The molecule has 1 amide bonds. The number of hydrogen-bond acceptors (Lipinski definition) is 7. The number of para-hydroxylation sites is 1. The molecule has 0 saturated heterocycles. The topological polar surface area (TPSA) is 113 Å². The SMILES string of the molecule is CN(c1ccccc1)c1ncnc(NNC(=O)c2ccc(F)cc2)c1[N+](=O)[O-]. The van der Waals surface area contributed by atoms with E-state index in [9.17, 15) is 19.3 Å². The van der Waals surface area contributed by atoms with Crippen LogP contribution in [0.2, 0.25) is 0 Å². The summed E-state index contributed by atoms with van der Waals surface area (Å²) in [6.07, 6.45) is 1.15. The largest absolute Gasteiger partial charge is 0.355 e. The molecule has 28 heavy (non-hydrogen) atoms. The van der Waals surface area contributed by atoms with Gasteiger partial charge in [0, 0.05) is 18.3 Å². The Kier molecular flexibility index (Phi) is 5.40. The fourth-order valence-corrected chi connectivity index (χ4v) is 2.44. The van der Waals surface area contributed by atoms with E-state index in [1.54, 1.807) is 31.3 Å². The molecule has 3 aromatic rings. The Morgan fingerprint density at radius 1 is 1.11 bits per heavy atom. The lowest BCUT2D eigenvalue weighted by atomic mass is 10.2. The van der Waals surface area contributed by atoms with Crippen LogP contribution in [0, 0.1) is 15.9 Å². The van der Waals surface area contributed by atoms with Crippen molar-refractivity contribution < 1.29 is 14.1 Å². The van der Waals surface area contributed by atoms with Crippen LogP contribution >= 0.6 is 0 Å². The first-order valence-corrected chi connectivity index (χ1v) is 8.07. The van der Waals surface area contributed by atoms with Crippen molar-refractivity contribution in [3.05, 3.63) is 82.4 Å². The van der Waals surface area contributed by atoms with Crippen LogP contribution in [0.25, 0.3) is 0 Å². The fraction of sp³-hybridized carbons (Fsp3) is 0.0556. The molecule has 142 valence electrons. The van der Waals surface area contributed by atoms with Gasteiger partial charge in [0.1, 0.15) is 12.1 Å². The summed E-state index contributed by atoms with van der Waals surface area (Å²) < 4.78 is 13.0. The van der Waals surface area contributed by atoms with Crippen LogP contribution in [0.15, 0.2) is 60.9 Å². The van der Waals surface area contributed by atoms with Gasteiger partial charge in [0.2, 0.25) is 11.6 Å². The molecule has 0 radical (unpaired) electrons. The molecule has 0 unspecified atom stereocenters. The number of nitrogens with one attached hydrogen (secondary N) is 2. The molecule has 0 bridgehead atoms. The third-order valence-electron chi connectivity index (χ3n) is 3.85. The third kappa shape index (κ3) is 4.01. The second-order valence-electron chi connectivity index (χ2n) is 5.63. The number of carbonyl (C=O) groups is 1. The summed E-state index contributed by atoms with van der Waals surface area (Å²) in [6, 6.07) is 13.8. The minimum atomic E-state index is -0.638. The van der Waals surface area contributed by atoms with E-state index in [-0.39, 0.29) is 17.2 Å². The minimum Gasteiger partial charge on any atom is -0.324 e. The Morgan fingerprint density at radius 3 is 2.43 bits per heavy atom. The molecule has 1 aromatic heterocycles. The van der Waals surface area contributed by atoms with Crippen molar-refractivity contribution >= 4 is 28.9 Å². The van der Waals surface area contributed by atoms with E-state index in [2.05, 4.69) is 20.8 Å². The van der Waals surface area contributed by atoms with E-state index < -0.39 is 22.3 Å². The highest BCUT2D eigenvalue weighted by molar-refractivity contribution is 5.95. The lowest BCUT2D eigenvalue weighted by Gasteiger charge is -2.18. The Labute approximate surface area is 159 Å². The first-order chi connectivity index (χ1) is 13.5. The van der Waals surface area contributed by atoms with Gasteiger partial charge in [0.25, 0.3) is 5.91 Å². The summed E-state index contributed by atoms with van der Waals surface area (Å²) in [4.78, 5) is 32.5. The maximum Gasteiger partial charge on any atom is 0.355 e. The molecule has 0 spiro atoms. The van der Waals surface area contributed by atoms with E-state index in [1.165, 1.54) is 17.0 Å². The Bertz CT molecular complexity index is 998. The molecule has 0 aliphatic carbocycles.